The van der Waals surface area contributed by atoms with Gasteiger partial charge in [0, 0.05) is 39.0 Å². The molecule has 0 radical (unpaired) electrons. The molecule has 7 heteroatoms. The summed E-state index contributed by atoms with van der Waals surface area (Å²) in [6, 6.07) is 61.4. The molecule has 7 aromatic carbocycles. The Bertz CT molecular complexity index is 2710. The summed E-state index contributed by atoms with van der Waals surface area (Å²) in [4.78, 5) is 0. The number of benzene rings is 7. The second-order valence-electron chi connectivity index (χ2n) is 13.0. The zero-order chi connectivity index (χ0) is 35.1. The third-order valence-corrected chi connectivity index (χ3v) is 9.85. The van der Waals surface area contributed by atoms with Gasteiger partial charge in [-0.15, -0.1) is 20.4 Å². The van der Waals surface area contributed by atoms with Crippen molar-refractivity contribution in [3.8, 4) is 62.1 Å². The molecule has 0 atom stereocenters. The van der Waals surface area contributed by atoms with Crippen molar-refractivity contribution in [3.05, 3.63) is 189 Å². The molecular formula is C46H31N7. The van der Waals surface area contributed by atoms with Crippen molar-refractivity contribution in [2.24, 2.45) is 0 Å². The first-order valence-electron chi connectivity index (χ1n) is 17.5. The van der Waals surface area contributed by atoms with Gasteiger partial charge in [0.05, 0.1) is 11.0 Å². The molecule has 250 valence electrons. The average molecular weight is 682 g/mol. The van der Waals surface area contributed by atoms with Gasteiger partial charge < -0.3 is 4.57 Å². The molecule has 3 aromatic heterocycles. The van der Waals surface area contributed by atoms with Crippen molar-refractivity contribution in [3.63, 3.8) is 0 Å². The number of fused-ring (bicyclic) bond motifs is 3. The van der Waals surface area contributed by atoms with Gasteiger partial charge in [0.1, 0.15) is 12.7 Å². The van der Waals surface area contributed by atoms with Crippen molar-refractivity contribution in [2.45, 2.75) is 0 Å². The lowest BCUT2D eigenvalue weighted by molar-refractivity contribution is 1.06. The predicted octanol–water partition coefficient (Wildman–Crippen LogP) is 10.6. The molecule has 0 aliphatic heterocycles. The fourth-order valence-electron chi connectivity index (χ4n) is 7.33. The molecule has 0 spiro atoms. The van der Waals surface area contributed by atoms with Crippen LogP contribution in [0.5, 0.6) is 0 Å². The van der Waals surface area contributed by atoms with E-state index in [2.05, 4.69) is 192 Å². The van der Waals surface area contributed by atoms with E-state index in [0.717, 1.165) is 83.9 Å². The fraction of sp³-hybridized carbons (Fsp3) is 0. The van der Waals surface area contributed by atoms with Crippen LogP contribution in [0.4, 0.5) is 0 Å². The highest BCUT2D eigenvalue weighted by molar-refractivity contribution is 6.10. The van der Waals surface area contributed by atoms with Crippen LogP contribution < -0.4 is 0 Å². The minimum Gasteiger partial charge on any atom is -0.309 e. The Kier molecular flexibility index (Phi) is 7.32. The highest BCUT2D eigenvalue weighted by Crippen LogP contribution is 2.36. The van der Waals surface area contributed by atoms with Gasteiger partial charge in [0.15, 0.2) is 11.6 Å². The van der Waals surface area contributed by atoms with Crippen LogP contribution in [0, 0.1) is 0 Å². The fourth-order valence-corrected chi connectivity index (χ4v) is 7.33. The minimum absolute atomic E-state index is 0.779. The third kappa shape index (κ3) is 5.39. The molecule has 0 aliphatic rings. The molecule has 0 N–H and O–H groups in total. The number of hydrogen-bond acceptors (Lipinski definition) is 4. The molecule has 0 aliphatic carbocycles. The van der Waals surface area contributed by atoms with Crippen LogP contribution in [0.3, 0.4) is 0 Å². The van der Waals surface area contributed by atoms with E-state index in [0.29, 0.717) is 0 Å². The van der Waals surface area contributed by atoms with Crippen LogP contribution >= 0.6 is 0 Å². The first kappa shape index (κ1) is 30.4. The second kappa shape index (κ2) is 12.7. The van der Waals surface area contributed by atoms with Gasteiger partial charge in [-0.05, 0) is 82.9 Å². The molecule has 53 heavy (non-hydrogen) atoms. The summed E-state index contributed by atoms with van der Waals surface area (Å²) in [5.74, 6) is 1.56. The smallest absolute Gasteiger partial charge is 0.168 e. The average Bonchev–Trinajstić information content (AvgIpc) is 4.00. The van der Waals surface area contributed by atoms with E-state index < -0.39 is 0 Å². The normalized spacial score (nSPS) is 11.4. The molecular weight excluding hydrogens is 651 g/mol. The van der Waals surface area contributed by atoms with Crippen LogP contribution in [0.15, 0.2) is 189 Å². The first-order chi connectivity index (χ1) is 26.3. The summed E-state index contributed by atoms with van der Waals surface area (Å²) in [6.45, 7) is 0. The second-order valence-corrected chi connectivity index (χ2v) is 13.0. The summed E-state index contributed by atoms with van der Waals surface area (Å²) < 4.78 is 6.46. The van der Waals surface area contributed by atoms with E-state index in [4.69, 9.17) is 0 Å². The number of rotatable bonds is 7. The quantitative estimate of drug-likeness (QED) is 0.168. The van der Waals surface area contributed by atoms with Crippen molar-refractivity contribution in [2.75, 3.05) is 0 Å². The number of hydrogen-bond donors (Lipinski definition) is 0. The summed E-state index contributed by atoms with van der Waals surface area (Å²) in [5, 5.41) is 20.2. The van der Waals surface area contributed by atoms with Gasteiger partial charge >= 0.3 is 0 Å². The summed E-state index contributed by atoms with van der Waals surface area (Å²) in [6.07, 6.45) is 3.58. The maximum absolute atomic E-state index is 4.60. The van der Waals surface area contributed by atoms with E-state index in [1.807, 2.05) is 18.2 Å². The zero-order valence-corrected chi connectivity index (χ0v) is 28.5. The van der Waals surface area contributed by atoms with E-state index in [1.54, 1.807) is 12.7 Å². The summed E-state index contributed by atoms with van der Waals surface area (Å²) >= 11 is 0. The molecule has 0 unspecified atom stereocenters. The van der Waals surface area contributed by atoms with E-state index in [-0.39, 0.29) is 0 Å². The van der Waals surface area contributed by atoms with Crippen molar-refractivity contribution in [1.82, 2.24) is 34.1 Å². The number of para-hydroxylation sites is 1. The molecule has 3 heterocycles. The molecule has 0 fully saturated rings. The van der Waals surface area contributed by atoms with Gasteiger partial charge in [-0.3, -0.25) is 9.13 Å². The largest absolute Gasteiger partial charge is 0.309 e. The van der Waals surface area contributed by atoms with E-state index in [9.17, 15) is 0 Å². The molecule has 0 saturated carbocycles. The third-order valence-electron chi connectivity index (χ3n) is 9.85. The summed E-state index contributed by atoms with van der Waals surface area (Å²) in [5.41, 5.74) is 11.8. The van der Waals surface area contributed by atoms with Gasteiger partial charge in [-0.2, -0.15) is 0 Å². The first-order valence-corrected chi connectivity index (χ1v) is 17.5. The maximum atomic E-state index is 4.60. The molecule has 10 aromatic rings. The number of nitrogens with zero attached hydrogens (tertiary/aromatic N) is 7. The predicted molar refractivity (Wildman–Crippen MR) is 212 cm³/mol. The maximum Gasteiger partial charge on any atom is 0.168 e. The molecule has 10 rings (SSSR count). The van der Waals surface area contributed by atoms with E-state index in [1.165, 1.54) is 0 Å². The lowest BCUT2D eigenvalue weighted by Gasteiger charge is -2.10. The topological polar surface area (TPSA) is 66.3 Å². The monoisotopic (exact) mass is 681 g/mol. The Morgan fingerprint density at radius 1 is 0.321 bits per heavy atom. The number of aromatic nitrogens is 7. The Morgan fingerprint density at radius 3 is 1.21 bits per heavy atom. The van der Waals surface area contributed by atoms with Gasteiger partial charge in [-0.25, -0.2) is 0 Å². The van der Waals surface area contributed by atoms with Gasteiger partial charge in [0.25, 0.3) is 0 Å². The molecule has 7 nitrogen and oxygen atoms in total. The standard InChI is InChI=1S/C46H31N7/c1-4-12-32(13-5-1)34-16-10-18-36(26-34)45-49-47-30-51(45)39-22-24-43-41(28-39)42-29-40(23-25-44(42)53(43)38-20-8-3-9-21-38)52-31-48-50-46(52)37-19-11-17-35(27-37)33-14-6-2-7-15-33/h1-31H. The molecule has 0 amide bonds. The minimum atomic E-state index is 0.779. The van der Waals surface area contributed by atoms with Crippen molar-refractivity contribution in [1.29, 1.82) is 0 Å². The van der Waals surface area contributed by atoms with Gasteiger partial charge in [-0.1, -0.05) is 115 Å². The van der Waals surface area contributed by atoms with Crippen LogP contribution in [-0.2, 0) is 0 Å². The highest BCUT2D eigenvalue weighted by Gasteiger charge is 2.18. The highest BCUT2D eigenvalue weighted by atomic mass is 15.3. The van der Waals surface area contributed by atoms with Gasteiger partial charge in [0.2, 0.25) is 0 Å². The van der Waals surface area contributed by atoms with Crippen LogP contribution in [0.2, 0.25) is 0 Å². The Hall–Kier alpha value is -7.38. The molecule has 0 bridgehead atoms. The van der Waals surface area contributed by atoms with Crippen molar-refractivity contribution < 1.29 is 0 Å². The van der Waals surface area contributed by atoms with Crippen molar-refractivity contribution >= 4 is 21.8 Å². The van der Waals surface area contributed by atoms with Crippen LogP contribution in [0.25, 0.3) is 83.9 Å². The Balaban J connectivity index is 1.12. The zero-order valence-electron chi connectivity index (χ0n) is 28.5. The van der Waals surface area contributed by atoms with E-state index >= 15 is 0 Å². The lowest BCUT2D eigenvalue weighted by atomic mass is 10.0. The van der Waals surface area contributed by atoms with Crippen LogP contribution in [0.1, 0.15) is 0 Å². The Labute approximate surface area is 305 Å². The Morgan fingerprint density at radius 2 is 0.736 bits per heavy atom. The summed E-state index contributed by atoms with van der Waals surface area (Å²) in [7, 11) is 0. The molecule has 0 saturated heterocycles. The lowest BCUT2D eigenvalue weighted by Crippen LogP contribution is -1.97. The SMILES string of the molecule is c1ccc(-c2cccc(-c3nncn3-c3ccc4c(c3)c3cc(-n5cnnc5-c5cccc(-c6ccccc6)c5)ccc3n4-c3ccccc3)c2)cc1. The van der Waals surface area contributed by atoms with Crippen LogP contribution in [-0.4, -0.2) is 34.1 Å².